The minimum absolute atomic E-state index is 0.00976. The van der Waals surface area contributed by atoms with Gasteiger partial charge in [-0.3, -0.25) is 14.5 Å². The van der Waals surface area contributed by atoms with E-state index in [-0.39, 0.29) is 23.7 Å². The van der Waals surface area contributed by atoms with E-state index in [1.165, 1.54) is 6.92 Å². The number of hydrogen-bond acceptors (Lipinski definition) is 5. The predicted octanol–water partition coefficient (Wildman–Crippen LogP) is -0.742. The van der Waals surface area contributed by atoms with E-state index in [0.29, 0.717) is 13.2 Å². The van der Waals surface area contributed by atoms with Crippen molar-refractivity contribution < 1.29 is 14.3 Å². The minimum Gasteiger partial charge on any atom is -0.374 e. The molecule has 2 amide bonds. The van der Waals surface area contributed by atoms with Crippen LogP contribution in [0.15, 0.2) is 0 Å². The molecular formula is C12H23N3O3S. The van der Waals surface area contributed by atoms with Crippen molar-refractivity contribution in [1.82, 2.24) is 15.5 Å². The number of likely N-dealkylation sites (N-methyl/N-ethyl adjacent to an activating group) is 1. The van der Waals surface area contributed by atoms with E-state index in [1.54, 1.807) is 0 Å². The van der Waals surface area contributed by atoms with E-state index in [9.17, 15) is 9.59 Å². The van der Waals surface area contributed by atoms with E-state index in [1.807, 2.05) is 0 Å². The van der Waals surface area contributed by atoms with Gasteiger partial charge < -0.3 is 15.4 Å². The molecule has 0 aliphatic carbocycles. The zero-order valence-electron chi connectivity index (χ0n) is 11.5. The fourth-order valence-electron chi connectivity index (χ4n) is 1.97. The first kappa shape index (κ1) is 16.3. The van der Waals surface area contributed by atoms with Crippen LogP contribution in [0.3, 0.4) is 0 Å². The van der Waals surface area contributed by atoms with Crippen LogP contribution in [0.5, 0.6) is 0 Å². The Morgan fingerprint density at radius 1 is 1.53 bits per heavy atom. The predicted molar refractivity (Wildman–Crippen MR) is 76.3 cm³/mol. The molecule has 1 saturated heterocycles. The summed E-state index contributed by atoms with van der Waals surface area (Å²) in [6.45, 7) is 7.38. The lowest BCUT2D eigenvalue weighted by Crippen LogP contribution is -2.52. The van der Waals surface area contributed by atoms with E-state index in [4.69, 9.17) is 4.74 Å². The van der Waals surface area contributed by atoms with Gasteiger partial charge in [-0.25, -0.2) is 0 Å². The van der Waals surface area contributed by atoms with Crippen molar-refractivity contribution in [2.24, 2.45) is 0 Å². The van der Waals surface area contributed by atoms with Gasteiger partial charge in [-0.05, 0) is 6.54 Å². The van der Waals surface area contributed by atoms with E-state index < -0.39 is 6.04 Å². The molecule has 1 aliphatic rings. The summed E-state index contributed by atoms with van der Waals surface area (Å²) in [7, 11) is 0. The molecule has 0 saturated carbocycles. The maximum atomic E-state index is 11.9. The number of thiol groups is 1. The highest BCUT2D eigenvalue weighted by Gasteiger charge is 2.22. The number of hydrogen-bond donors (Lipinski definition) is 3. The Morgan fingerprint density at radius 2 is 2.26 bits per heavy atom. The average molecular weight is 289 g/mol. The first-order chi connectivity index (χ1) is 9.06. The lowest BCUT2D eigenvalue weighted by atomic mass is 10.2. The molecule has 110 valence electrons. The maximum Gasteiger partial charge on any atom is 0.243 e. The Balaban J connectivity index is 2.34. The molecule has 1 rings (SSSR count). The van der Waals surface area contributed by atoms with Crippen molar-refractivity contribution in [3.05, 3.63) is 0 Å². The van der Waals surface area contributed by atoms with Crippen molar-refractivity contribution in [1.29, 1.82) is 0 Å². The molecule has 0 aromatic carbocycles. The number of carbonyl (C=O) groups excluding carboxylic acids is 2. The van der Waals surface area contributed by atoms with Crippen LogP contribution < -0.4 is 10.6 Å². The molecule has 1 fully saturated rings. The summed E-state index contributed by atoms with van der Waals surface area (Å²) < 4.78 is 5.59. The van der Waals surface area contributed by atoms with Gasteiger partial charge in [0.1, 0.15) is 6.04 Å². The highest BCUT2D eigenvalue weighted by atomic mass is 32.1. The van der Waals surface area contributed by atoms with Crippen LogP contribution in [0.4, 0.5) is 0 Å². The SMILES string of the molecule is CCN1CCOC(CNC(=O)C(CS)NC(C)=O)C1. The van der Waals surface area contributed by atoms with Crippen LogP contribution in [0, 0.1) is 0 Å². The third kappa shape index (κ3) is 5.80. The molecule has 1 aliphatic heterocycles. The Bertz CT molecular complexity index is 315. The molecule has 0 bridgehead atoms. The van der Waals surface area contributed by atoms with Crippen LogP contribution in [0.2, 0.25) is 0 Å². The van der Waals surface area contributed by atoms with E-state index >= 15 is 0 Å². The molecule has 6 nitrogen and oxygen atoms in total. The number of rotatable bonds is 6. The Morgan fingerprint density at radius 3 is 2.84 bits per heavy atom. The summed E-state index contributed by atoms with van der Waals surface area (Å²) in [6, 6.07) is -0.591. The van der Waals surface area contributed by atoms with Crippen molar-refractivity contribution >= 4 is 24.4 Å². The van der Waals surface area contributed by atoms with E-state index in [0.717, 1.165) is 19.6 Å². The van der Waals surface area contributed by atoms with Crippen LogP contribution >= 0.6 is 12.6 Å². The monoisotopic (exact) mass is 289 g/mol. The molecule has 7 heteroatoms. The average Bonchev–Trinajstić information content (AvgIpc) is 2.42. The van der Waals surface area contributed by atoms with Gasteiger partial charge in [0.25, 0.3) is 0 Å². The van der Waals surface area contributed by atoms with Crippen molar-refractivity contribution in [2.75, 3.05) is 38.5 Å². The summed E-state index contributed by atoms with van der Waals surface area (Å²) in [5.74, 6) is -0.180. The lowest BCUT2D eigenvalue weighted by Gasteiger charge is -2.32. The molecule has 0 aromatic rings. The third-order valence-electron chi connectivity index (χ3n) is 3.05. The van der Waals surface area contributed by atoms with Crippen LogP contribution in [0.25, 0.3) is 0 Å². The van der Waals surface area contributed by atoms with Crippen LogP contribution in [0.1, 0.15) is 13.8 Å². The fourth-order valence-corrected chi connectivity index (χ4v) is 2.23. The summed E-state index contributed by atoms with van der Waals surface area (Å²) in [5, 5.41) is 5.36. The van der Waals surface area contributed by atoms with Gasteiger partial charge in [0.15, 0.2) is 0 Å². The Labute approximate surface area is 119 Å². The first-order valence-corrected chi connectivity index (χ1v) is 7.19. The molecule has 0 radical (unpaired) electrons. The number of amides is 2. The van der Waals surface area contributed by atoms with E-state index in [2.05, 4.69) is 35.1 Å². The number of ether oxygens (including phenoxy) is 1. The van der Waals surface area contributed by atoms with Crippen LogP contribution in [-0.2, 0) is 14.3 Å². The second-order valence-corrected chi connectivity index (χ2v) is 4.93. The quantitative estimate of drug-likeness (QED) is 0.563. The van der Waals surface area contributed by atoms with Gasteiger partial charge in [-0.2, -0.15) is 12.6 Å². The zero-order valence-corrected chi connectivity index (χ0v) is 12.4. The standard InChI is InChI=1S/C12H23N3O3S/c1-3-15-4-5-18-10(7-15)6-13-12(17)11(8-19)14-9(2)16/h10-11,19H,3-8H2,1-2H3,(H,13,17)(H,14,16). The molecule has 2 atom stereocenters. The minimum atomic E-state index is -0.591. The lowest BCUT2D eigenvalue weighted by molar-refractivity contribution is -0.128. The van der Waals surface area contributed by atoms with Gasteiger partial charge in [-0.15, -0.1) is 0 Å². The highest BCUT2D eigenvalue weighted by Crippen LogP contribution is 2.03. The number of carbonyl (C=O) groups is 2. The highest BCUT2D eigenvalue weighted by molar-refractivity contribution is 7.80. The topological polar surface area (TPSA) is 70.7 Å². The second kappa shape index (κ2) is 8.39. The van der Waals surface area contributed by atoms with Gasteiger partial charge in [0.05, 0.1) is 12.7 Å². The number of nitrogens with one attached hydrogen (secondary N) is 2. The summed E-state index contributed by atoms with van der Waals surface area (Å²) in [6.07, 6.45) is 0.00976. The van der Waals surface area contributed by atoms with Crippen molar-refractivity contribution in [2.45, 2.75) is 26.0 Å². The molecule has 19 heavy (non-hydrogen) atoms. The van der Waals surface area contributed by atoms with Gasteiger partial charge in [-0.1, -0.05) is 6.92 Å². The molecule has 2 N–H and O–H groups in total. The van der Waals surface area contributed by atoms with Gasteiger partial charge in [0, 0.05) is 32.3 Å². The zero-order chi connectivity index (χ0) is 14.3. The number of morpholine rings is 1. The molecule has 2 unspecified atom stereocenters. The van der Waals surface area contributed by atoms with Gasteiger partial charge >= 0.3 is 0 Å². The van der Waals surface area contributed by atoms with Crippen LogP contribution in [-0.4, -0.2) is 67.4 Å². The Hall–Kier alpha value is -0.790. The normalized spacial score (nSPS) is 21.7. The largest absolute Gasteiger partial charge is 0.374 e. The second-order valence-electron chi connectivity index (χ2n) is 4.57. The molecule has 0 spiro atoms. The fraction of sp³-hybridized carbons (Fsp3) is 0.833. The maximum absolute atomic E-state index is 11.9. The first-order valence-electron chi connectivity index (χ1n) is 6.56. The molecule has 1 heterocycles. The van der Waals surface area contributed by atoms with Gasteiger partial charge in [0.2, 0.25) is 11.8 Å². The van der Waals surface area contributed by atoms with Crippen molar-refractivity contribution in [3.63, 3.8) is 0 Å². The van der Waals surface area contributed by atoms with Crippen molar-refractivity contribution in [3.8, 4) is 0 Å². The third-order valence-corrected chi connectivity index (χ3v) is 3.42. The summed E-state index contributed by atoms with van der Waals surface area (Å²) in [4.78, 5) is 25.1. The smallest absolute Gasteiger partial charge is 0.243 e. The number of nitrogens with zero attached hydrogens (tertiary/aromatic N) is 1. The summed E-state index contributed by atoms with van der Waals surface area (Å²) in [5.41, 5.74) is 0. The summed E-state index contributed by atoms with van der Waals surface area (Å²) >= 11 is 4.06. The Kier molecular flexibility index (Phi) is 7.19. The molecular weight excluding hydrogens is 266 g/mol. The molecule has 0 aromatic heterocycles.